The fraction of sp³-hybridized carbons (Fsp3) is 0.471. The number of aromatic nitrogens is 3. The number of amides is 1. The molecular weight excluding hydrogens is 290 g/mol. The topological polar surface area (TPSA) is 96.7 Å². The van der Waals surface area contributed by atoms with Gasteiger partial charge in [0, 0.05) is 30.5 Å². The predicted molar refractivity (Wildman–Crippen MR) is 88.6 cm³/mol. The summed E-state index contributed by atoms with van der Waals surface area (Å²) in [5.41, 5.74) is 6.44. The molecule has 2 aromatic rings. The third-order valence-electron chi connectivity index (χ3n) is 4.46. The molecular formula is C17H23N5O. The number of hydrogen-bond acceptors (Lipinski definition) is 4. The molecule has 0 spiro atoms. The fourth-order valence-electron chi connectivity index (χ4n) is 3.14. The maximum atomic E-state index is 12.0. The van der Waals surface area contributed by atoms with Crippen LogP contribution in [-0.2, 0) is 4.79 Å². The lowest BCUT2D eigenvalue weighted by atomic mass is 9.81. The second-order valence-corrected chi connectivity index (χ2v) is 6.04. The van der Waals surface area contributed by atoms with E-state index in [-0.39, 0.29) is 11.8 Å². The highest BCUT2D eigenvalue weighted by Crippen LogP contribution is 2.34. The first-order chi connectivity index (χ1) is 11.3. The molecule has 0 bridgehead atoms. The second kappa shape index (κ2) is 7.37. The zero-order valence-electron chi connectivity index (χ0n) is 13.2. The summed E-state index contributed by atoms with van der Waals surface area (Å²) in [7, 11) is 0. The van der Waals surface area contributed by atoms with Gasteiger partial charge in [0.25, 0.3) is 0 Å². The number of hydrogen-bond donors (Lipinski definition) is 3. The van der Waals surface area contributed by atoms with Crippen molar-refractivity contribution in [2.75, 3.05) is 13.1 Å². The number of rotatable bonds is 5. The molecule has 1 heterocycles. The van der Waals surface area contributed by atoms with Crippen LogP contribution in [0.25, 0.3) is 11.4 Å². The van der Waals surface area contributed by atoms with Gasteiger partial charge in [-0.25, -0.2) is 4.98 Å². The van der Waals surface area contributed by atoms with E-state index in [0.29, 0.717) is 19.0 Å². The summed E-state index contributed by atoms with van der Waals surface area (Å²) in [5, 5.41) is 10.3. The maximum Gasteiger partial charge on any atom is 0.223 e. The highest BCUT2D eigenvalue weighted by molar-refractivity contribution is 5.78. The lowest BCUT2D eigenvalue weighted by Crippen LogP contribution is -2.35. The quantitative estimate of drug-likeness (QED) is 0.784. The number of carbonyl (C=O) groups excluding carboxylic acids is 1. The monoisotopic (exact) mass is 313 g/mol. The zero-order chi connectivity index (χ0) is 16.1. The van der Waals surface area contributed by atoms with Crippen molar-refractivity contribution in [1.29, 1.82) is 0 Å². The number of nitrogens with zero attached hydrogens (tertiary/aromatic N) is 2. The minimum Gasteiger partial charge on any atom is -0.355 e. The van der Waals surface area contributed by atoms with E-state index in [0.717, 1.165) is 42.9 Å². The molecule has 122 valence electrons. The fourth-order valence-corrected chi connectivity index (χ4v) is 3.14. The Morgan fingerprint density at radius 2 is 1.96 bits per heavy atom. The molecule has 1 saturated carbocycles. The van der Waals surface area contributed by atoms with Crippen molar-refractivity contribution >= 4 is 5.91 Å². The molecule has 0 saturated heterocycles. The molecule has 0 radical (unpaired) electrons. The third kappa shape index (κ3) is 3.76. The van der Waals surface area contributed by atoms with E-state index >= 15 is 0 Å². The second-order valence-electron chi connectivity index (χ2n) is 6.04. The number of aromatic amines is 1. The Morgan fingerprint density at radius 1 is 1.22 bits per heavy atom. The number of carbonyl (C=O) groups is 1. The summed E-state index contributed by atoms with van der Waals surface area (Å²) in [5.74, 6) is 2.28. The molecule has 4 N–H and O–H groups in total. The normalized spacial score (nSPS) is 21.1. The maximum absolute atomic E-state index is 12.0. The van der Waals surface area contributed by atoms with Gasteiger partial charge in [-0.15, -0.1) is 0 Å². The number of nitrogens with two attached hydrogens (primary N) is 1. The van der Waals surface area contributed by atoms with Crippen molar-refractivity contribution in [2.24, 2.45) is 11.7 Å². The summed E-state index contributed by atoms with van der Waals surface area (Å²) < 4.78 is 0. The predicted octanol–water partition coefficient (Wildman–Crippen LogP) is 1.82. The first kappa shape index (κ1) is 15.7. The summed E-state index contributed by atoms with van der Waals surface area (Å²) in [6.45, 7) is 1.04. The van der Waals surface area contributed by atoms with Crippen LogP contribution in [0.2, 0.25) is 0 Å². The van der Waals surface area contributed by atoms with E-state index in [1.54, 1.807) is 0 Å². The summed E-state index contributed by atoms with van der Waals surface area (Å²) >= 11 is 0. The van der Waals surface area contributed by atoms with Crippen LogP contribution in [0.5, 0.6) is 0 Å². The summed E-state index contributed by atoms with van der Waals surface area (Å²) in [6.07, 6.45) is 3.71. The molecule has 23 heavy (non-hydrogen) atoms. The van der Waals surface area contributed by atoms with Gasteiger partial charge in [-0.3, -0.25) is 9.89 Å². The average Bonchev–Trinajstić information content (AvgIpc) is 3.11. The molecule has 1 aliphatic rings. The SMILES string of the molecule is NCCNC(=O)C1CCC(c2nc(-c3ccccc3)n[nH]2)CC1. The minimum absolute atomic E-state index is 0.106. The average molecular weight is 313 g/mol. The molecule has 0 unspecified atom stereocenters. The number of benzene rings is 1. The lowest BCUT2D eigenvalue weighted by molar-refractivity contribution is -0.125. The zero-order valence-corrected chi connectivity index (χ0v) is 13.2. The highest BCUT2D eigenvalue weighted by Gasteiger charge is 2.28. The molecule has 1 aromatic heterocycles. The standard InChI is InChI=1S/C17H23N5O/c18-10-11-19-17(23)14-8-6-13(7-9-14)16-20-15(21-22-16)12-4-2-1-3-5-12/h1-5,13-14H,6-11,18H2,(H,19,23)(H,20,21,22). The van der Waals surface area contributed by atoms with Crippen LogP contribution < -0.4 is 11.1 Å². The molecule has 0 aliphatic heterocycles. The van der Waals surface area contributed by atoms with Crippen LogP contribution in [0.3, 0.4) is 0 Å². The van der Waals surface area contributed by atoms with Crippen molar-refractivity contribution < 1.29 is 4.79 Å². The summed E-state index contributed by atoms with van der Waals surface area (Å²) in [6, 6.07) is 9.96. The Hall–Kier alpha value is -2.21. The van der Waals surface area contributed by atoms with Crippen LogP contribution in [0.1, 0.15) is 37.4 Å². The van der Waals surface area contributed by atoms with Crippen molar-refractivity contribution in [1.82, 2.24) is 20.5 Å². The van der Waals surface area contributed by atoms with Gasteiger partial charge in [0.1, 0.15) is 5.82 Å². The minimum atomic E-state index is 0.106. The van der Waals surface area contributed by atoms with Gasteiger partial charge in [0.05, 0.1) is 0 Å². The van der Waals surface area contributed by atoms with E-state index in [9.17, 15) is 4.79 Å². The van der Waals surface area contributed by atoms with Crippen molar-refractivity contribution in [3.63, 3.8) is 0 Å². The summed E-state index contributed by atoms with van der Waals surface area (Å²) in [4.78, 5) is 16.6. The van der Waals surface area contributed by atoms with E-state index in [1.807, 2.05) is 30.3 Å². The van der Waals surface area contributed by atoms with Crippen molar-refractivity contribution in [3.05, 3.63) is 36.2 Å². The van der Waals surface area contributed by atoms with Gasteiger partial charge in [-0.1, -0.05) is 30.3 Å². The largest absolute Gasteiger partial charge is 0.355 e. The Balaban J connectivity index is 1.58. The van der Waals surface area contributed by atoms with E-state index in [1.165, 1.54) is 0 Å². The Kier molecular flexibility index (Phi) is 5.02. The Morgan fingerprint density at radius 3 is 2.65 bits per heavy atom. The Bertz CT molecular complexity index is 631. The van der Waals surface area contributed by atoms with E-state index in [4.69, 9.17) is 5.73 Å². The smallest absolute Gasteiger partial charge is 0.223 e. The number of H-pyrrole nitrogens is 1. The number of nitrogens with one attached hydrogen (secondary N) is 2. The molecule has 0 atom stereocenters. The van der Waals surface area contributed by atoms with Crippen LogP contribution in [-0.4, -0.2) is 34.2 Å². The van der Waals surface area contributed by atoms with Crippen molar-refractivity contribution in [2.45, 2.75) is 31.6 Å². The molecule has 6 heteroatoms. The van der Waals surface area contributed by atoms with E-state index in [2.05, 4.69) is 20.5 Å². The van der Waals surface area contributed by atoms with E-state index < -0.39 is 0 Å². The molecule has 1 aromatic carbocycles. The van der Waals surface area contributed by atoms with Crippen LogP contribution in [0.4, 0.5) is 0 Å². The van der Waals surface area contributed by atoms with Gasteiger partial charge in [0.15, 0.2) is 5.82 Å². The molecule has 1 aliphatic carbocycles. The van der Waals surface area contributed by atoms with Gasteiger partial charge in [-0.05, 0) is 25.7 Å². The van der Waals surface area contributed by atoms with Crippen LogP contribution in [0.15, 0.2) is 30.3 Å². The van der Waals surface area contributed by atoms with Gasteiger partial charge in [0.2, 0.25) is 5.91 Å². The Labute approximate surface area is 135 Å². The van der Waals surface area contributed by atoms with Crippen LogP contribution >= 0.6 is 0 Å². The molecule has 1 amide bonds. The third-order valence-corrected chi connectivity index (χ3v) is 4.46. The van der Waals surface area contributed by atoms with Gasteiger partial charge in [-0.2, -0.15) is 5.10 Å². The highest BCUT2D eigenvalue weighted by atomic mass is 16.1. The van der Waals surface area contributed by atoms with Gasteiger partial charge < -0.3 is 11.1 Å². The lowest BCUT2D eigenvalue weighted by Gasteiger charge is -2.26. The molecule has 3 rings (SSSR count). The first-order valence-electron chi connectivity index (χ1n) is 8.23. The molecule has 6 nitrogen and oxygen atoms in total. The van der Waals surface area contributed by atoms with Crippen LogP contribution in [0, 0.1) is 5.92 Å². The molecule has 1 fully saturated rings. The first-order valence-corrected chi connectivity index (χ1v) is 8.23. The van der Waals surface area contributed by atoms with Gasteiger partial charge >= 0.3 is 0 Å². The van der Waals surface area contributed by atoms with Crippen molar-refractivity contribution in [3.8, 4) is 11.4 Å².